The zero-order valence-corrected chi connectivity index (χ0v) is 11.1. The van der Waals surface area contributed by atoms with E-state index in [1.54, 1.807) is 25.4 Å². The Labute approximate surface area is 111 Å². The first-order valence-electron chi connectivity index (χ1n) is 5.71. The number of hydrogen-bond acceptors (Lipinski definition) is 2. The van der Waals surface area contributed by atoms with E-state index in [4.69, 9.17) is 11.6 Å². The van der Waals surface area contributed by atoms with Gasteiger partial charge in [-0.1, -0.05) is 17.7 Å². The summed E-state index contributed by atoms with van der Waals surface area (Å²) in [5.41, 5.74) is 0.490. The van der Waals surface area contributed by atoms with Crippen molar-refractivity contribution in [3.05, 3.63) is 52.8 Å². The van der Waals surface area contributed by atoms with E-state index >= 15 is 0 Å². The van der Waals surface area contributed by atoms with Crippen LogP contribution in [-0.4, -0.2) is 16.6 Å². The Balaban J connectivity index is 2.32. The van der Waals surface area contributed by atoms with Crippen molar-refractivity contribution >= 4 is 11.6 Å². The van der Waals surface area contributed by atoms with Gasteiger partial charge in [0.2, 0.25) is 0 Å². The number of benzene rings is 1. The Bertz CT molecular complexity index is 519. The number of nitrogens with zero attached hydrogens (tertiary/aromatic N) is 2. The van der Waals surface area contributed by atoms with Gasteiger partial charge in [-0.25, -0.2) is 9.37 Å². The Hall–Kier alpha value is -1.39. The molecule has 1 aromatic carbocycles. The Morgan fingerprint density at radius 2 is 2.28 bits per heavy atom. The third-order valence-electron chi connectivity index (χ3n) is 3.00. The standard InChI is InChI=1S/C13H15ClFN3/c1-16-11(8-12-17-6-7-18(12)2)13-9(14)4-3-5-10(13)15/h3-7,11,16H,8H2,1-2H3. The van der Waals surface area contributed by atoms with Gasteiger partial charge in [0.15, 0.2) is 0 Å². The van der Waals surface area contributed by atoms with E-state index in [0.717, 1.165) is 5.82 Å². The van der Waals surface area contributed by atoms with Crippen LogP contribution in [0.4, 0.5) is 4.39 Å². The largest absolute Gasteiger partial charge is 0.338 e. The second-order valence-electron chi connectivity index (χ2n) is 4.14. The van der Waals surface area contributed by atoms with Crippen LogP contribution in [0, 0.1) is 5.82 Å². The molecule has 0 saturated carbocycles. The smallest absolute Gasteiger partial charge is 0.129 e. The lowest BCUT2D eigenvalue weighted by atomic mass is 10.0. The van der Waals surface area contributed by atoms with E-state index in [-0.39, 0.29) is 11.9 Å². The third-order valence-corrected chi connectivity index (χ3v) is 3.33. The summed E-state index contributed by atoms with van der Waals surface area (Å²) in [5, 5.41) is 3.52. The Morgan fingerprint density at radius 3 is 2.83 bits per heavy atom. The highest BCUT2D eigenvalue weighted by Crippen LogP contribution is 2.27. The minimum absolute atomic E-state index is 0.195. The fourth-order valence-corrected chi connectivity index (χ4v) is 2.26. The number of aromatic nitrogens is 2. The minimum Gasteiger partial charge on any atom is -0.338 e. The summed E-state index contributed by atoms with van der Waals surface area (Å²) in [6.07, 6.45) is 4.18. The van der Waals surface area contributed by atoms with Crippen molar-refractivity contribution in [2.24, 2.45) is 7.05 Å². The van der Waals surface area contributed by atoms with Gasteiger partial charge in [0.05, 0.1) is 0 Å². The summed E-state index contributed by atoms with van der Waals surface area (Å²) in [4.78, 5) is 4.25. The van der Waals surface area contributed by atoms with Crippen molar-refractivity contribution in [3.63, 3.8) is 0 Å². The molecule has 2 rings (SSSR count). The molecule has 5 heteroatoms. The molecule has 18 heavy (non-hydrogen) atoms. The number of nitrogens with one attached hydrogen (secondary N) is 1. The van der Waals surface area contributed by atoms with E-state index in [1.807, 2.05) is 17.8 Å². The lowest BCUT2D eigenvalue weighted by Gasteiger charge is -2.18. The predicted molar refractivity (Wildman–Crippen MR) is 70.1 cm³/mol. The first-order valence-corrected chi connectivity index (χ1v) is 6.08. The van der Waals surface area contributed by atoms with Crippen LogP contribution in [0.3, 0.4) is 0 Å². The van der Waals surface area contributed by atoms with Gasteiger partial charge in [0.1, 0.15) is 11.6 Å². The average molecular weight is 268 g/mol. The van der Waals surface area contributed by atoms with Gasteiger partial charge in [-0.15, -0.1) is 0 Å². The molecule has 0 aliphatic rings. The second kappa shape index (κ2) is 5.50. The van der Waals surface area contributed by atoms with Crippen LogP contribution in [0.5, 0.6) is 0 Å². The van der Waals surface area contributed by atoms with Gasteiger partial charge >= 0.3 is 0 Å². The van der Waals surface area contributed by atoms with Gasteiger partial charge in [-0.3, -0.25) is 0 Å². The first kappa shape index (κ1) is 13.1. The molecule has 1 N–H and O–H groups in total. The van der Waals surface area contributed by atoms with E-state index in [0.29, 0.717) is 17.0 Å². The van der Waals surface area contributed by atoms with E-state index in [1.165, 1.54) is 6.07 Å². The van der Waals surface area contributed by atoms with Crippen LogP contribution in [0.25, 0.3) is 0 Å². The molecule has 0 radical (unpaired) electrons. The molecule has 2 aromatic rings. The minimum atomic E-state index is -0.295. The maximum atomic E-state index is 13.9. The quantitative estimate of drug-likeness (QED) is 0.923. The van der Waals surface area contributed by atoms with Gasteiger partial charge in [-0.05, 0) is 19.2 Å². The van der Waals surface area contributed by atoms with Crippen molar-refractivity contribution in [1.82, 2.24) is 14.9 Å². The molecule has 0 amide bonds. The van der Waals surface area contributed by atoms with E-state index in [2.05, 4.69) is 10.3 Å². The normalized spacial score (nSPS) is 12.7. The second-order valence-corrected chi connectivity index (χ2v) is 4.54. The van der Waals surface area contributed by atoms with Crippen LogP contribution in [0.1, 0.15) is 17.4 Å². The van der Waals surface area contributed by atoms with Crippen LogP contribution in [0.15, 0.2) is 30.6 Å². The molecule has 0 bridgehead atoms. The maximum absolute atomic E-state index is 13.9. The highest BCUT2D eigenvalue weighted by Gasteiger charge is 2.19. The number of aryl methyl sites for hydroxylation is 1. The summed E-state index contributed by atoms with van der Waals surface area (Å²) in [6.45, 7) is 0. The Morgan fingerprint density at radius 1 is 1.50 bits per heavy atom. The zero-order valence-electron chi connectivity index (χ0n) is 10.3. The summed E-state index contributed by atoms with van der Waals surface area (Å²) >= 11 is 6.08. The Kier molecular flexibility index (Phi) is 3.99. The molecule has 0 fully saturated rings. The van der Waals surface area contributed by atoms with Crippen LogP contribution >= 0.6 is 11.6 Å². The molecule has 1 unspecified atom stereocenters. The van der Waals surface area contributed by atoms with Crippen LogP contribution < -0.4 is 5.32 Å². The third kappa shape index (κ3) is 2.54. The monoisotopic (exact) mass is 267 g/mol. The van der Waals surface area contributed by atoms with E-state index < -0.39 is 0 Å². The van der Waals surface area contributed by atoms with Crippen molar-refractivity contribution in [3.8, 4) is 0 Å². The molecule has 0 saturated heterocycles. The molecule has 96 valence electrons. The lowest BCUT2D eigenvalue weighted by Crippen LogP contribution is -2.22. The molecule has 1 atom stereocenters. The van der Waals surface area contributed by atoms with Gasteiger partial charge in [-0.2, -0.15) is 0 Å². The van der Waals surface area contributed by atoms with Crippen molar-refractivity contribution in [2.45, 2.75) is 12.5 Å². The van der Waals surface area contributed by atoms with Crippen molar-refractivity contribution in [2.75, 3.05) is 7.05 Å². The fraction of sp³-hybridized carbons (Fsp3) is 0.308. The fourth-order valence-electron chi connectivity index (χ4n) is 1.97. The van der Waals surface area contributed by atoms with Gasteiger partial charge < -0.3 is 9.88 Å². The number of rotatable bonds is 4. The van der Waals surface area contributed by atoms with E-state index in [9.17, 15) is 4.39 Å². The lowest BCUT2D eigenvalue weighted by molar-refractivity contribution is 0.520. The summed E-state index contributed by atoms with van der Waals surface area (Å²) < 4.78 is 15.8. The number of likely N-dealkylation sites (N-methyl/N-ethyl adjacent to an activating group) is 1. The highest BCUT2D eigenvalue weighted by molar-refractivity contribution is 6.31. The molecular weight excluding hydrogens is 253 g/mol. The molecule has 0 aliphatic carbocycles. The topological polar surface area (TPSA) is 29.9 Å². The van der Waals surface area contributed by atoms with Crippen LogP contribution in [-0.2, 0) is 13.5 Å². The zero-order chi connectivity index (χ0) is 13.1. The molecule has 0 aliphatic heterocycles. The van der Waals surface area contributed by atoms with Crippen LogP contribution in [0.2, 0.25) is 5.02 Å². The molecule has 1 heterocycles. The summed E-state index contributed by atoms with van der Waals surface area (Å²) in [6, 6.07) is 4.53. The molecule has 3 nitrogen and oxygen atoms in total. The van der Waals surface area contributed by atoms with Gasteiger partial charge in [0.25, 0.3) is 0 Å². The highest BCUT2D eigenvalue weighted by atomic mass is 35.5. The summed E-state index contributed by atoms with van der Waals surface area (Å²) in [5.74, 6) is 0.588. The SMILES string of the molecule is CNC(Cc1nccn1C)c1c(F)cccc1Cl. The number of imidazole rings is 1. The van der Waals surface area contributed by atoms with Crippen molar-refractivity contribution in [1.29, 1.82) is 0 Å². The number of hydrogen-bond donors (Lipinski definition) is 1. The average Bonchev–Trinajstić information content (AvgIpc) is 2.73. The number of halogens is 2. The van der Waals surface area contributed by atoms with Crippen molar-refractivity contribution < 1.29 is 4.39 Å². The summed E-state index contributed by atoms with van der Waals surface area (Å²) in [7, 11) is 3.70. The molecule has 0 spiro atoms. The first-order chi connectivity index (χ1) is 8.63. The maximum Gasteiger partial charge on any atom is 0.129 e. The molecule has 1 aromatic heterocycles. The van der Waals surface area contributed by atoms with Gasteiger partial charge in [0, 0.05) is 42.5 Å². The predicted octanol–water partition coefficient (Wildman–Crippen LogP) is 2.72. The molecular formula is C13H15ClFN3.